The van der Waals surface area contributed by atoms with E-state index in [2.05, 4.69) is 32.3 Å². The van der Waals surface area contributed by atoms with Crippen LogP contribution in [-0.2, 0) is 16.1 Å². The molecule has 0 spiro atoms. The van der Waals surface area contributed by atoms with Crippen LogP contribution in [0.1, 0.15) is 35.7 Å². The van der Waals surface area contributed by atoms with E-state index in [1.54, 1.807) is 35.4 Å². The van der Waals surface area contributed by atoms with Crippen molar-refractivity contribution in [2.24, 2.45) is 0 Å². The van der Waals surface area contributed by atoms with Crippen LogP contribution >= 0.6 is 0 Å². The highest BCUT2D eigenvalue weighted by Gasteiger charge is 2.22. The predicted molar refractivity (Wildman–Crippen MR) is 131 cm³/mol. The Balaban J connectivity index is 1.19. The summed E-state index contributed by atoms with van der Waals surface area (Å²) in [5.74, 6) is 0.461. The van der Waals surface area contributed by atoms with Crippen molar-refractivity contribution in [3.8, 4) is 0 Å². The van der Waals surface area contributed by atoms with E-state index < -0.39 is 0 Å². The van der Waals surface area contributed by atoms with Gasteiger partial charge in [-0.05, 0) is 48.9 Å². The van der Waals surface area contributed by atoms with Crippen molar-refractivity contribution >= 4 is 29.2 Å². The van der Waals surface area contributed by atoms with E-state index in [-0.39, 0.29) is 24.3 Å². The average molecular weight is 465 g/mol. The molecule has 34 heavy (non-hydrogen) atoms. The normalized spacial score (nSPS) is 16.6. The number of carbonyl (C=O) groups excluding carboxylic acids is 3. The molecule has 2 saturated heterocycles. The maximum absolute atomic E-state index is 12.4. The molecule has 0 atom stereocenters. The van der Waals surface area contributed by atoms with Gasteiger partial charge in [-0.2, -0.15) is 0 Å². The summed E-state index contributed by atoms with van der Waals surface area (Å²) in [4.78, 5) is 47.4. The third-order valence-corrected chi connectivity index (χ3v) is 6.37. The number of nitrogens with one attached hydrogen (secondary N) is 2. The first-order valence-corrected chi connectivity index (χ1v) is 11.9. The van der Waals surface area contributed by atoms with Crippen LogP contribution in [0.5, 0.6) is 0 Å². The van der Waals surface area contributed by atoms with Crippen LogP contribution in [0, 0.1) is 0 Å². The van der Waals surface area contributed by atoms with E-state index >= 15 is 0 Å². The Labute approximate surface area is 200 Å². The number of piperazine rings is 1. The van der Waals surface area contributed by atoms with Gasteiger partial charge in [-0.15, -0.1) is 0 Å². The van der Waals surface area contributed by atoms with Crippen LogP contribution in [0.3, 0.4) is 0 Å². The third-order valence-electron chi connectivity index (χ3n) is 6.37. The monoisotopic (exact) mass is 464 g/mol. The second kappa shape index (κ2) is 11.1. The molecule has 0 aliphatic carbocycles. The number of likely N-dealkylation sites (N-methyl/N-ethyl adjacent to an activating group) is 1. The highest BCUT2D eigenvalue weighted by Crippen LogP contribution is 2.21. The average Bonchev–Trinajstić information content (AvgIpc) is 3.32. The molecule has 4 rings (SSSR count). The second-order valence-corrected chi connectivity index (χ2v) is 8.60. The van der Waals surface area contributed by atoms with E-state index in [1.807, 2.05) is 12.1 Å². The quantitative estimate of drug-likeness (QED) is 0.613. The van der Waals surface area contributed by atoms with Gasteiger partial charge >= 0.3 is 0 Å². The fourth-order valence-corrected chi connectivity index (χ4v) is 4.24. The Morgan fingerprint density at radius 2 is 1.74 bits per heavy atom. The van der Waals surface area contributed by atoms with Crippen molar-refractivity contribution in [2.75, 3.05) is 55.6 Å². The molecule has 0 bridgehead atoms. The summed E-state index contributed by atoms with van der Waals surface area (Å²) in [7, 11) is 0. The maximum atomic E-state index is 12.4. The number of hydrogen-bond donors (Lipinski definition) is 2. The number of carbonyl (C=O) groups is 3. The Morgan fingerprint density at radius 1 is 0.971 bits per heavy atom. The summed E-state index contributed by atoms with van der Waals surface area (Å²) >= 11 is 0. The van der Waals surface area contributed by atoms with Crippen LogP contribution in [0.15, 0.2) is 42.6 Å². The van der Waals surface area contributed by atoms with Gasteiger partial charge in [-0.25, -0.2) is 4.98 Å². The number of anilines is 2. The van der Waals surface area contributed by atoms with Gasteiger partial charge in [0.1, 0.15) is 5.82 Å². The summed E-state index contributed by atoms with van der Waals surface area (Å²) in [5.41, 5.74) is 2.14. The second-order valence-electron chi connectivity index (χ2n) is 8.60. The number of hydrogen-bond acceptors (Lipinski definition) is 6. The van der Waals surface area contributed by atoms with Crippen LogP contribution in [0.25, 0.3) is 0 Å². The number of nitrogens with zero attached hydrogens (tertiary/aromatic N) is 4. The lowest BCUT2D eigenvalue weighted by Gasteiger charge is -2.34. The first-order chi connectivity index (χ1) is 16.5. The molecule has 9 nitrogen and oxygen atoms in total. The first kappa shape index (κ1) is 23.7. The van der Waals surface area contributed by atoms with E-state index in [0.717, 1.165) is 56.2 Å². The molecular formula is C25H32N6O3. The van der Waals surface area contributed by atoms with Gasteiger partial charge in [0.25, 0.3) is 5.91 Å². The van der Waals surface area contributed by atoms with Gasteiger partial charge in [0, 0.05) is 63.1 Å². The SMILES string of the molecule is CCN1CCN(c2ccc(CNC(=O)CNC(=O)c3ccc(N4CCCC4=O)cc3)cn2)CC1. The molecule has 180 valence electrons. The summed E-state index contributed by atoms with van der Waals surface area (Å²) in [6.45, 7) is 8.23. The molecule has 2 aliphatic heterocycles. The molecule has 3 amide bonds. The molecule has 2 aliphatic rings. The minimum absolute atomic E-state index is 0.105. The highest BCUT2D eigenvalue weighted by atomic mass is 16.2. The minimum Gasteiger partial charge on any atom is -0.354 e. The predicted octanol–water partition coefficient (Wildman–Crippen LogP) is 1.40. The Kier molecular flexibility index (Phi) is 7.74. The number of pyridine rings is 1. The van der Waals surface area contributed by atoms with Crippen molar-refractivity contribution in [3.63, 3.8) is 0 Å². The lowest BCUT2D eigenvalue weighted by Crippen LogP contribution is -2.46. The topological polar surface area (TPSA) is 97.9 Å². The molecule has 0 saturated carbocycles. The molecular weight excluding hydrogens is 432 g/mol. The van der Waals surface area contributed by atoms with Gasteiger partial charge in [0.15, 0.2) is 0 Å². The molecule has 2 fully saturated rings. The third kappa shape index (κ3) is 5.91. The van der Waals surface area contributed by atoms with Crippen LogP contribution in [-0.4, -0.2) is 73.4 Å². The van der Waals surface area contributed by atoms with Crippen molar-refractivity contribution < 1.29 is 14.4 Å². The summed E-state index contributed by atoms with van der Waals surface area (Å²) in [6, 6.07) is 10.8. The molecule has 1 aromatic carbocycles. The summed E-state index contributed by atoms with van der Waals surface area (Å²) in [6.07, 6.45) is 3.20. The number of amides is 3. The summed E-state index contributed by atoms with van der Waals surface area (Å²) in [5, 5.41) is 5.45. The summed E-state index contributed by atoms with van der Waals surface area (Å²) < 4.78 is 0. The van der Waals surface area contributed by atoms with Crippen LogP contribution in [0.4, 0.5) is 11.5 Å². The van der Waals surface area contributed by atoms with E-state index in [0.29, 0.717) is 25.1 Å². The molecule has 0 unspecified atom stereocenters. The first-order valence-electron chi connectivity index (χ1n) is 11.9. The lowest BCUT2D eigenvalue weighted by molar-refractivity contribution is -0.120. The van der Waals surface area contributed by atoms with Gasteiger partial charge in [-0.1, -0.05) is 13.0 Å². The molecule has 2 aromatic rings. The van der Waals surface area contributed by atoms with Gasteiger partial charge < -0.3 is 25.3 Å². The van der Waals surface area contributed by atoms with Gasteiger partial charge in [0.2, 0.25) is 11.8 Å². The Bertz CT molecular complexity index is 1000. The van der Waals surface area contributed by atoms with Crippen LogP contribution in [0.2, 0.25) is 0 Å². The van der Waals surface area contributed by atoms with Crippen molar-refractivity contribution in [1.29, 1.82) is 0 Å². The smallest absolute Gasteiger partial charge is 0.251 e. The zero-order chi connectivity index (χ0) is 23.9. The Hall–Kier alpha value is -3.46. The highest BCUT2D eigenvalue weighted by molar-refractivity contribution is 5.98. The van der Waals surface area contributed by atoms with E-state index in [4.69, 9.17) is 0 Å². The molecule has 1 aromatic heterocycles. The van der Waals surface area contributed by atoms with Crippen molar-refractivity contribution in [3.05, 3.63) is 53.7 Å². The standard InChI is InChI=1S/C25H32N6O3/c1-2-29-12-14-30(15-13-29)22-10-5-19(16-26-22)17-27-23(32)18-28-25(34)20-6-8-21(9-7-20)31-11-3-4-24(31)33/h5-10,16H,2-4,11-15,17-18H2,1H3,(H,27,32)(H,28,34). The molecule has 9 heteroatoms. The molecule has 2 N–H and O–H groups in total. The van der Waals surface area contributed by atoms with E-state index in [9.17, 15) is 14.4 Å². The lowest BCUT2D eigenvalue weighted by atomic mass is 10.2. The zero-order valence-electron chi connectivity index (χ0n) is 19.6. The van der Waals surface area contributed by atoms with E-state index in [1.165, 1.54) is 0 Å². The van der Waals surface area contributed by atoms with Crippen molar-refractivity contribution in [1.82, 2.24) is 20.5 Å². The molecule has 3 heterocycles. The Morgan fingerprint density at radius 3 is 2.35 bits per heavy atom. The minimum atomic E-state index is -0.330. The van der Waals surface area contributed by atoms with Crippen molar-refractivity contribution in [2.45, 2.75) is 26.3 Å². The fraction of sp³-hybridized carbons (Fsp3) is 0.440. The number of aromatic nitrogens is 1. The largest absolute Gasteiger partial charge is 0.354 e. The number of rotatable bonds is 8. The number of benzene rings is 1. The zero-order valence-corrected chi connectivity index (χ0v) is 19.6. The van der Waals surface area contributed by atoms with Gasteiger partial charge in [-0.3, -0.25) is 14.4 Å². The fourth-order valence-electron chi connectivity index (χ4n) is 4.24. The van der Waals surface area contributed by atoms with Gasteiger partial charge in [0.05, 0.1) is 6.54 Å². The molecule has 0 radical (unpaired) electrons. The van der Waals surface area contributed by atoms with Crippen LogP contribution < -0.4 is 20.4 Å². The maximum Gasteiger partial charge on any atom is 0.251 e.